The van der Waals surface area contributed by atoms with Crippen LogP contribution in [-0.2, 0) is 45.4 Å². The summed E-state index contributed by atoms with van der Waals surface area (Å²) >= 11 is 0. The second kappa shape index (κ2) is 51.4. The number of nitrogens with zero attached hydrogens (tertiary/aromatic N) is 7. The fourth-order valence-corrected chi connectivity index (χ4v) is 14.6. The van der Waals surface area contributed by atoms with E-state index in [0.717, 1.165) is 108 Å². The van der Waals surface area contributed by atoms with Gasteiger partial charge in [-0.3, -0.25) is 24.0 Å². The number of rotatable bonds is 30. The number of halogens is 4. The lowest BCUT2D eigenvalue weighted by Crippen LogP contribution is -3.00. The number of amides is 4. The number of aromatic nitrogens is 4. The second-order valence-corrected chi connectivity index (χ2v) is 30.5. The predicted molar refractivity (Wildman–Crippen MR) is 411 cm³/mol. The molecule has 0 saturated carbocycles. The highest BCUT2D eigenvalue weighted by molar-refractivity contribution is 8.77. The van der Waals surface area contributed by atoms with E-state index in [1.807, 2.05) is 142 Å². The number of nitrogens with one attached hydrogen (secondary N) is 5. The zero-order chi connectivity index (χ0) is 71.2. The van der Waals surface area contributed by atoms with E-state index >= 15 is 0 Å². The summed E-state index contributed by atoms with van der Waals surface area (Å²) in [4.78, 5) is 65.6. The number of aryl methyl sites for hydroxylation is 2. The molecule has 4 aliphatic rings. The summed E-state index contributed by atoms with van der Waals surface area (Å²) in [5, 5.41) is 43.9. The number of hydrogen-bond acceptors (Lipinski definition) is 16. The minimum atomic E-state index is -0.232. The van der Waals surface area contributed by atoms with Crippen molar-refractivity contribution in [2.75, 3.05) is 116 Å². The third-order valence-electron chi connectivity index (χ3n) is 16.7. The van der Waals surface area contributed by atoms with Gasteiger partial charge in [0.05, 0.1) is 18.3 Å². The van der Waals surface area contributed by atoms with Crippen LogP contribution in [0.2, 0.25) is 0 Å². The fourth-order valence-electron chi connectivity index (χ4n) is 11.0. The minimum absolute atomic E-state index is 0. The predicted octanol–water partition coefficient (Wildman–Crippen LogP) is -5.29. The molecule has 8 heterocycles. The Morgan fingerprint density at radius 2 is 0.648 bits per heavy atom. The molecule has 0 aliphatic carbocycles. The van der Waals surface area contributed by atoms with Crippen molar-refractivity contribution >= 4 is 114 Å². The fraction of sp³-hybridized carbons (Fsp3) is 0.390. The SMILES string of the molecule is C1CCNC1.Cc1cc[n+](CC(=O)NCCSSCCNC(=O)C[n+]2ccc(C)cc2)cc1.O=C(C[n+]1ccc(/C=C/c2ccc(N3CCC(O)C3)cc2)cc1)NCCSSCCNC(=O)C[n+]1ccc(/C=C/c2ccc(N3CCC(O)C3)cc2)cc1.O=Cc1ccc(N2CCC(O)C2)cc1.[Cl-].[Cl-].[Cl-].[Cl-]. The molecule has 4 aromatic heterocycles. The Labute approximate surface area is 659 Å². The van der Waals surface area contributed by atoms with Gasteiger partial charge < -0.3 is 106 Å². The van der Waals surface area contributed by atoms with Crippen LogP contribution in [0.3, 0.4) is 0 Å². The quantitative estimate of drug-likeness (QED) is 0.00911. The number of hydrogen-bond donors (Lipinski definition) is 8. The molecule has 7 aromatic rings. The highest BCUT2D eigenvalue weighted by Crippen LogP contribution is 2.25. The number of carbonyl (C=O) groups excluding carboxylic acids is 5. The van der Waals surface area contributed by atoms with Crippen molar-refractivity contribution < 1.29 is 107 Å². The minimum Gasteiger partial charge on any atom is -1.00 e. The first-order valence-corrected chi connectivity index (χ1v) is 39.7. The van der Waals surface area contributed by atoms with Gasteiger partial charge in [-0.1, -0.05) is 91.7 Å². The summed E-state index contributed by atoms with van der Waals surface area (Å²) < 4.78 is 7.46. The number of aldehydes is 1. The van der Waals surface area contributed by atoms with Gasteiger partial charge in [0.2, 0.25) is 26.2 Å². The standard InChI is InChI=1S/C42H48N6O4S2.C20H26N4O2S2.C11H13NO2.C4H9N.4ClH/c49-39-17-25-47(29-39)37-9-5-33(6-10-37)1-3-35-13-21-45(22-14-35)31-41(51)43-19-27-53-54-28-20-44-42(52)32-46-23-15-36(16-24-46)4-2-34-7-11-38(12-8-34)48-26-18-40(50)30-48;1-17-3-9-23(10-4-17)15-19(25)21-7-13-27-28-14-8-22-20(26)16-24-11-5-18(2)6-12-24;13-8-9-1-3-10(4-2-9)12-6-5-11(14)7-12;1-2-4-5-3-1;;;;/h1-16,21-24,39-40,49-50H,17-20,25-32H2;3-6,9-12H,7-8,13-16H2,1-2H3;1-4,8,11,14H,5-7H2;5H,1-4H2;4*1H. The molecule has 0 radical (unpaired) electrons. The van der Waals surface area contributed by atoms with E-state index in [-0.39, 0.29) is 105 Å². The van der Waals surface area contributed by atoms with Crippen molar-refractivity contribution in [1.29, 1.82) is 0 Å². The maximum atomic E-state index is 12.4. The van der Waals surface area contributed by atoms with Gasteiger partial charge >= 0.3 is 0 Å². The van der Waals surface area contributed by atoms with Gasteiger partial charge in [0.15, 0.2) is 49.6 Å². The Morgan fingerprint density at radius 3 is 0.876 bits per heavy atom. The first-order valence-electron chi connectivity index (χ1n) is 34.7. The summed E-state index contributed by atoms with van der Waals surface area (Å²) in [6.07, 6.45) is 29.0. The monoisotopic (exact) mass is 1590 g/mol. The molecule has 4 aliphatic heterocycles. The van der Waals surface area contributed by atoms with Gasteiger partial charge in [-0.25, -0.2) is 0 Å². The molecular weight excluding hydrogens is 1490 g/mol. The summed E-state index contributed by atoms with van der Waals surface area (Å²) in [5.74, 6) is 3.21. The molecule has 4 saturated heterocycles. The second-order valence-electron chi connectivity index (χ2n) is 25.1. The highest BCUT2D eigenvalue weighted by atomic mass is 35.5. The van der Waals surface area contributed by atoms with Crippen LogP contribution in [0.4, 0.5) is 17.1 Å². The van der Waals surface area contributed by atoms with Crippen molar-refractivity contribution in [1.82, 2.24) is 26.6 Å². The first-order chi connectivity index (χ1) is 49.2. The van der Waals surface area contributed by atoms with Crippen LogP contribution >= 0.6 is 43.2 Å². The van der Waals surface area contributed by atoms with E-state index in [1.165, 1.54) is 37.1 Å². The Hall–Kier alpha value is -6.91. The maximum Gasteiger partial charge on any atom is 0.286 e. The number of aliphatic hydroxyl groups excluding tert-OH is 3. The van der Waals surface area contributed by atoms with Crippen LogP contribution in [0.5, 0.6) is 0 Å². The van der Waals surface area contributed by atoms with E-state index in [9.17, 15) is 39.3 Å². The van der Waals surface area contributed by atoms with Crippen molar-refractivity contribution in [3.05, 3.63) is 210 Å². The Kier molecular flexibility index (Phi) is 44.3. The van der Waals surface area contributed by atoms with Crippen molar-refractivity contribution in [3.8, 4) is 0 Å². The van der Waals surface area contributed by atoms with Gasteiger partial charge in [0.25, 0.3) is 23.6 Å². The molecule has 0 bridgehead atoms. The maximum absolute atomic E-state index is 12.4. The summed E-state index contributed by atoms with van der Waals surface area (Å²) in [6.45, 7) is 14.9. The summed E-state index contributed by atoms with van der Waals surface area (Å²) in [6, 6.07) is 40.1. The van der Waals surface area contributed by atoms with Crippen LogP contribution in [0.15, 0.2) is 171 Å². The van der Waals surface area contributed by atoms with Crippen LogP contribution in [0, 0.1) is 13.8 Å². The summed E-state index contributed by atoms with van der Waals surface area (Å²) in [7, 11) is 6.76. The Balaban J connectivity index is 0.000000378. The third-order valence-corrected chi connectivity index (χ3v) is 21.6. The third kappa shape index (κ3) is 35.6. The number of β-amino-alcohol motifs (C(OH)–C–C–N with tert-alkyl or cyclic N) is 3. The molecule has 8 N–H and O–H groups in total. The molecule has 20 nitrogen and oxygen atoms in total. The molecule has 0 spiro atoms. The molecule has 3 aromatic carbocycles. The largest absolute Gasteiger partial charge is 1.00 e. The first kappa shape index (κ1) is 90.5. The number of carbonyl (C=O) groups is 5. The molecular formula is C77H100Cl4N12O8S4. The van der Waals surface area contributed by atoms with Gasteiger partial charge in [0.1, 0.15) is 6.29 Å². The molecule has 105 heavy (non-hydrogen) atoms. The zero-order valence-electron chi connectivity index (χ0n) is 59.6. The Bertz CT molecular complexity index is 3480. The van der Waals surface area contributed by atoms with E-state index in [4.69, 9.17) is 0 Å². The molecule has 568 valence electrons. The average Bonchev–Trinajstić information content (AvgIpc) is 1.83. The van der Waals surface area contributed by atoms with E-state index < -0.39 is 0 Å². The van der Waals surface area contributed by atoms with Crippen LogP contribution in [-0.4, -0.2) is 165 Å². The summed E-state index contributed by atoms with van der Waals surface area (Å²) in [5.41, 5.74) is 10.7. The van der Waals surface area contributed by atoms with Gasteiger partial charge in [-0.15, -0.1) is 0 Å². The molecule has 11 rings (SSSR count). The highest BCUT2D eigenvalue weighted by Gasteiger charge is 2.23. The van der Waals surface area contributed by atoms with Crippen molar-refractivity contribution in [2.45, 2.75) is 90.4 Å². The Morgan fingerprint density at radius 1 is 0.400 bits per heavy atom. The molecule has 28 heteroatoms. The zero-order valence-corrected chi connectivity index (χ0v) is 65.9. The van der Waals surface area contributed by atoms with E-state index in [2.05, 4.69) is 114 Å². The molecule has 3 unspecified atom stereocenters. The van der Waals surface area contributed by atoms with E-state index in [1.54, 1.807) is 55.3 Å². The van der Waals surface area contributed by atoms with Crippen LogP contribution in [0.25, 0.3) is 24.3 Å². The lowest BCUT2D eigenvalue weighted by molar-refractivity contribution is -0.684. The lowest BCUT2D eigenvalue weighted by Gasteiger charge is -2.17. The molecule has 4 fully saturated rings. The van der Waals surface area contributed by atoms with Crippen molar-refractivity contribution in [2.24, 2.45) is 0 Å². The lowest BCUT2D eigenvalue weighted by atomic mass is 10.1. The van der Waals surface area contributed by atoms with Gasteiger partial charge in [-0.2, -0.15) is 18.3 Å². The number of pyridine rings is 4. The van der Waals surface area contributed by atoms with E-state index in [0.29, 0.717) is 64.5 Å². The normalized spacial score (nSPS) is 15.6. The van der Waals surface area contributed by atoms with Gasteiger partial charge in [-0.05, 0) is 141 Å². The smallest absolute Gasteiger partial charge is 0.286 e. The number of anilines is 3. The van der Waals surface area contributed by atoms with Crippen molar-refractivity contribution in [3.63, 3.8) is 0 Å². The van der Waals surface area contributed by atoms with Crippen LogP contribution < -0.4 is 109 Å². The topological polar surface area (TPSA) is 231 Å². The molecule has 4 amide bonds. The van der Waals surface area contributed by atoms with Crippen LogP contribution in [0.1, 0.15) is 75.8 Å². The number of benzene rings is 3. The molecule has 3 atom stereocenters. The average molecular weight is 1590 g/mol. The number of aliphatic hydroxyl groups is 3. The van der Waals surface area contributed by atoms with Gasteiger partial charge in [0, 0.05) is 160 Å².